The summed E-state index contributed by atoms with van der Waals surface area (Å²) in [6.45, 7) is 0.590. The van der Waals surface area contributed by atoms with Gasteiger partial charge in [-0.2, -0.15) is 0 Å². The van der Waals surface area contributed by atoms with Crippen LogP contribution in [-0.2, 0) is 25.5 Å². The van der Waals surface area contributed by atoms with Crippen LogP contribution in [0.25, 0.3) is 22.0 Å². The Balaban J connectivity index is 1.26. The maximum Gasteiger partial charge on any atom is 0.407 e. The highest BCUT2D eigenvalue weighted by Crippen LogP contribution is 2.44. The Morgan fingerprint density at radius 3 is 2.24 bits per heavy atom. The Hall–Kier alpha value is -4.63. The molecule has 5 rings (SSSR count). The average Bonchev–Trinajstić information content (AvgIpc) is 3.57. The predicted octanol–water partition coefficient (Wildman–Crippen LogP) is 4.40. The van der Waals surface area contributed by atoms with Crippen molar-refractivity contribution in [1.29, 1.82) is 0 Å². The zero-order chi connectivity index (χ0) is 29.5. The van der Waals surface area contributed by atoms with Crippen molar-refractivity contribution in [2.75, 3.05) is 20.3 Å². The molecule has 1 heterocycles. The number of amides is 2. The number of fused-ring (bicyclic) bond motifs is 4. The van der Waals surface area contributed by atoms with Crippen molar-refractivity contribution in [3.8, 4) is 11.1 Å². The number of nitrogens with two attached hydrogens (primary N) is 1. The first kappa shape index (κ1) is 28.9. The van der Waals surface area contributed by atoms with Gasteiger partial charge in [-0.1, -0.05) is 66.7 Å². The number of ether oxygens (including phenoxy) is 2. The van der Waals surface area contributed by atoms with Crippen molar-refractivity contribution < 1.29 is 23.9 Å². The minimum Gasteiger partial charge on any atom is -0.467 e. The number of methoxy groups -OCH3 is 1. The topological polar surface area (TPSA) is 136 Å². The molecule has 0 radical (unpaired) electrons. The number of esters is 1. The number of aromatic nitrogens is 1. The molecule has 42 heavy (non-hydrogen) atoms. The maximum absolute atomic E-state index is 13.5. The molecule has 9 heteroatoms. The number of hydrogen-bond acceptors (Lipinski definition) is 6. The third-order valence-electron chi connectivity index (χ3n) is 7.80. The van der Waals surface area contributed by atoms with Crippen LogP contribution in [0, 0.1) is 0 Å². The van der Waals surface area contributed by atoms with Crippen LogP contribution in [0.3, 0.4) is 0 Å². The van der Waals surface area contributed by atoms with Crippen LogP contribution >= 0.6 is 0 Å². The van der Waals surface area contributed by atoms with Crippen molar-refractivity contribution in [3.05, 3.63) is 95.7 Å². The van der Waals surface area contributed by atoms with Gasteiger partial charge in [0.2, 0.25) is 5.91 Å². The first-order chi connectivity index (χ1) is 20.5. The molecule has 1 aliphatic rings. The van der Waals surface area contributed by atoms with Crippen molar-refractivity contribution in [2.45, 2.75) is 43.7 Å². The van der Waals surface area contributed by atoms with Crippen LogP contribution in [0.2, 0.25) is 0 Å². The Kier molecular flexibility index (Phi) is 9.18. The number of alkyl carbamates (subject to hydrolysis) is 1. The van der Waals surface area contributed by atoms with E-state index in [0.717, 1.165) is 38.7 Å². The van der Waals surface area contributed by atoms with Gasteiger partial charge in [0.1, 0.15) is 18.7 Å². The number of rotatable bonds is 12. The molecule has 1 aliphatic carbocycles. The van der Waals surface area contributed by atoms with Crippen molar-refractivity contribution >= 4 is 28.9 Å². The summed E-state index contributed by atoms with van der Waals surface area (Å²) in [4.78, 5) is 42.3. The molecule has 4 aromatic rings. The fourth-order valence-corrected chi connectivity index (χ4v) is 5.67. The molecular weight excluding hydrogens is 532 g/mol. The predicted molar refractivity (Wildman–Crippen MR) is 161 cm³/mol. The minimum atomic E-state index is -0.942. The molecule has 218 valence electrons. The van der Waals surface area contributed by atoms with E-state index in [2.05, 4.69) is 27.8 Å². The van der Waals surface area contributed by atoms with Crippen molar-refractivity contribution in [3.63, 3.8) is 0 Å². The quantitative estimate of drug-likeness (QED) is 0.148. The van der Waals surface area contributed by atoms with Crippen LogP contribution in [0.5, 0.6) is 0 Å². The highest BCUT2D eigenvalue weighted by Gasteiger charge is 2.31. The van der Waals surface area contributed by atoms with E-state index >= 15 is 0 Å². The molecule has 2 atom stereocenters. The van der Waals surface area contributed by atoms with E-state index in [9.17, 15) is 14.4 Å². The van der Waals surface area contributed by atoms with Gasteiger partial charge >= 0.3 is 12.1 Å². The van der Waals surface area contributed by atoms with Gasteiger partial charge in [-0.3, -0.25) is 4.79 Å². The molecule has 9 nitrogen and oxygen atoms in total. The third kappa shape index (κ3) is 6.31. The summed E-state index contributed by atoms with van der Waals surface area (Å²) in [6.07, 6.45) is 2.99. The molecule has 2 unspecified atom stereocenters. The molecule has 0 spiro atoms. The van der Waals surface area contributed by atoms with E-state index in [-0.39, 0.29) is 18.9 Å². The second kappa shape index (κ2) is 13.4. The smallest absolute Gasteiger partial charge is 0.407 e. The fourth-order valence-electron chi connectivity index (χ4n) is 5.67. The molecule has 2 amide bonds. The maximum atomic E-state index is 13.5. The molecular formula is C33H36N4O5. The number of benzene rings is 3. The van der Waals surface area contributed by atoms with E-state index in [1.165, 1.54) is 7.11 Å². The highest BCUT2D eigenvalue weighted by molar-refractivity contribution is 5.90. The van der Waals surface area contributed by atoms with E-state index < -0.39 is 30.1 Å². The van der Waals surface area contributed by atoms with Crippen LogP contribution in [0.4, 0.5) is 4.79 Å². The summed E-state index contributed by atoms with van der Waals surface area (Å²) < 4.78 is 10.7. The Morgan fingerprint density at radius 2 is 1.55 bits per heavy atom. The van der Waals surface area contributed by atoms with Crippen LogP contribution in [-0.4, -0.2) is 55.3 Å². The van der Waals surface area contributed by atoms with Crippen LogP contribution in [0.15, 0.2) is 79.0 Å². The summed E-state index contributed by atoms with van der Waals surface area (Å²) in [5.41, 5.74) is 11.9. The Labute approximate surface area is 244 Å². The van der Waals surface area contributed by atoms with Crippen molar-refractivity contribution in [2.24, 2.45) is 5.73 Å². The van der Waals surface area contributed by atoms with Gasteiger partial charge in [0.15, 0.2) is 0 Å². The lowest BCUT2D eigenvalue weighted by Gasteiger charge is -2.22. The molecule has 1 aromatic heterocycles. The number of carbonyl (C=O) groups excluding carboxylic acids is 3. The summed E-state index contributed by atoms with van der Waals surface area (Å²) in [7, 11) is 1.28. The second-order valence-corrected chi connectivity index (χ2v) is 10.5. The lowest BCUT2D eigenvalue weighted by molar-refractivity contribution is -0.145. The molecule has 3 aromatic carbocycles. The highest BCUT2D eigenvalue weighted by atomic mass is 16.5. The first-order valence-corrected chi connectivity index (χ1v) is 14.2. The zero-order valence-electron chi connectivity index (χ0n) is 23.6. The number of aromatic amines is 1. The average molecular weight is 569 g/mol. The summed E-state index contributed by atoms with van der Waals surface area (Å²) in [5, 5.41) is 6.48. The molecule has 0 fully saturated rings. The number of H-pyrrole nitrogens is 1. The fraction of sp³-hybridized carbons (Fsp3) is 0.303. The number of carbonyl (C=O) groups is 3. The molecule has 0 saturated carbocycles. The van der Waals surface area contributed by atoms with E-state index in [0.29, 0.717) is 25.8 Å². The van der Waals surface area contributed by atoms with E-state index in [4.69, 9.17) is 15.2 Å². The summed E-state index contributed by atoms with van der Waals surface area (Å²) >= 11 is 0. The molecule has 0 aliphatic heterocycles. The summed E-state index contributed by atoms with van der Waals surface area (Å²) in [5.74, 6) is -1.17. The molecule has 0 bridgehead atoms. The van der Waals surface area contributed by atoms with Crippen molar-refractivity contribution in [1.82, 2.24) is 15.6 Å². The van der Waals surface area contributed by atoms with Gasteiger partial charge in [-0.25, -0.2) is 9.59 Å². The number of hydrogen-bond donors (Lipinski definition) is 4. The Morgan fingerprint density at radius 1 is 0.881 bits per heavy atom. The standard InChI is InChI=1S/C33H36N4O5/c1-41-32(39)30(18-21-19-35-28-15-7-6-10-22(21)28)36-31(38)29(16-8-9-17-34)37-33(40)42-20-27-25-13-4-2-11-23(25)24-12-3-5-14-26(24)27/h2-7,10-15,19,27,29-30,35H,8-9,16-18,20,34H2,1H3,(H,36,38)(H,37,40). The van der Waals surface area contributed by atoms with Crippen LogP contribution < -0.4 is 16.4 Å². The lowest BCUT2D eigenvalue weighted by atomic mass is 9.98. The normalized spacial score (nSPS) is 13.6. The zero-order valence-corrected chi connectivity index (χ0v) is 23.6. The third-order valence-corrected chi connectivity index (χ3v) is 7.80. The van der Waals surface area contributed by atoms with Gasteiger partial charge in [0.25, 0.3) is 0 Å². The monoisotopic (exact) mass is 568 g/mol. The summed E-state index contributed by atoms with van der Waals surface area (Å²) in [6, 6.07) is 22.0. The first-order valence-electron chi connectivity index (χ1n) is 14.2. The van der Waals surface area contributed by atoms with E-state index in [1.807, 2.05) is 66.9 Å². The van der Waals surface area contributed by atoms with Gasteiger partial charge in [-0.05, 0) is 59.7 Å². The SMILES string of the molecule is COC(=O)C(Cc1c[nH]c2ccccc12)NC(=O)C(CCCCN)NC(=O)OCC1c2ccccc2-c2ccccc21. The second-order valence-electron chi connectivity index (χ2n) is 10.5. The van der Waals surface area contributed by atoms with E-state index in [1.54, 1.807) is 0 Å². The molecule has 5 N–H and O–H groups in total. The number of unbranched alkanes of at least 4 members (excludes halogenated alkanes) is 1. The van der Waals surface area contributed by atoms with Crippen LogP contribution in [0.1, 0.15) is 41.9 Å². The minimum absolute atomic E-state index is 0.104. The number of para-hydroxylation sites is 1. The van der Waals surface area contributed by atoms with Gasteiger partial charge in [0.05, 0.1) is 7.11 Å². The molecule has 0 saturated heterocycles. The van der Waals surface area contributed by atoms with Gasteiger partial charge < -0.3 is 30.8 Å². The van der Waals surface area contributed by atoms with Gasteiger partial charge in [-0.15, -0.1) is 0 Å². The largest absolute Gasteiger partial charge is 0.467 e. The Bertz CT molecular complexity index is 1520. The number of nitrogens with one attached hydrogen (secondary N) is 3. The lowest BCUT2D eigenvalue weighted by Crippen LogP contribution is -2.52. The van der Waals surface area contributed by atoms with Gasteiger partial charge in [0, 0.05) is 29.4 Å².